The number of rotatable bonds is 5. The van der Waals surface area contributed by atoms with Gasteiger partial charge in [0.2, 0.25) is 0 Å². The second kappa shape index (κ2) is 9.53. The van der Waals surface area contributed by atoms with E-state index in [1.165, 1.54) is 12.1 Å². The smallest absolute Gasteiger partial charge is 0.309 e. The van der Waals surface area contributed by atoms with Gasteiger partial charge < -0.3 is 9.64 Å². The van der Waals surface area contributed by atoms with E-state index in [2.05, 4.69) is 5.10 Å². The maximum atomic E-state index is 13.4. The highest BCUT2D eigenvalue weighted by molar-refractivity contribution is 6.30. The molecule has 6 nitrogen and oxygen atoms in total. The van der Waals surface area contributed by atoms with Gasteiger partial charge in [0, 0.05) is 23.7 Å². The van der Waals surface area contributed by atoms with Crippen molar-refractivity contribution in [1.82, 2.24) is 14.7 Å². The lowest BCUT2D eigenvalue weighted by atomic mass is 9.97. The number of piperidine rings is 1. The summed E-state index contributed by atoms with van der Waals surface area (Å²) in [6.45, 7) is 3.04. The van der Waals surface area contributed by atoms with Crippen molar-refractivity contribution in [3.63, 3.8) is 0 Å². The first-order chi connectivity index (χ1) is 15.5. The molecule has 0 saturated carbocycles. The third-order valence-electron chi connectivity index (χ3n) is 5.52. The van der Waals surface area contributed by atoms with Crippen molar-refractivity contribution in [2.24, 2.45) is 5.92 Å². The normalized spacial score (nSPS) is 14.4. The van der Waals surface area contributed by atoms with Gasteiger partial charge in [-0.05, 0) is 68.3 Å². The van der Waals surface area contributed by atoms with Gasteiger partial charge in [0.1, 0.15) is 11.5 Å². The number of nitrogens with zero attached hydrogens (tertiary/aromatic N) is 3. The van der Waals surface area contributed by atoms with E-state index in [1.807, 2.05) is 6.07 Å². The van der Waals surface area contributed by atoms with Crippen LogP contribution in [0, 0.1) is 11.7 Å². The van der Waals surface area contributed by atoms with E-state index in [4.69, 9.17) is 16.3 Å². The van der Waals surface area contributed by atoms with Crippen molar-refractivity contribution in [2.75, 3.05) is 19.7 Å². The maximum Gasteiger partial charge on any atom is 0.309 e. The van der Waals surface area contributed by atoms with Crippen LogP contribution < -0.4 is 0 Å². The number of ether oxygens (including phenoxy) is 1. The molecule has 1 fully saturated rings. The van der Waals surface area contributed by atoms with Gasteiger partial charge in [0.05, 0.1) is 23.9 Å². The Morgan fingerprint density at radius 2 is 1.84 bits per heavy atom. The Bertz CT molecular complexity index is 1120. The summed E-state index contributed by atoms with van der Waals surface area (Å²) in [6, 6.07) is 14.7. The molecule has 166 valence electrons. The Kier molecular flexibility index (Phi) is 6.55. The lowest BCUT2D eigenvalue weighted by Gasteiger charge is -2.30. The molecule has 1 aliphatic rings. The van der Waals surface area contributed by atoms with Crippen LogP contribution >= 0.6 is 11.6 Å². The molecular formula is C24H23ClFN3O3. The molecular weight excluding hydrogens is 433 g/mol. The van der Waals surface area contributed by atoms with Crippen LogP contribution in [0.15, 0.2) is 54.6 Å². The average Bonchev–Trinajstić information content (AvgIpc) is 3.25. The monoisotopic (exact) mass is 455 g/mol. The second-order valence-corrected chi connectivity index (χ2v) is 8.07. The predicted molar refractivity (Wildman–Crippen MR) is 119 cm³/mol. The van der Waals surface area contributed by atoms with Crippen molar-refractivity contribution in [3.05, 3.63) is 71.1 Å². The van der Waals surface area contributed by atoms with E-state index in [1.54, 1.807) is 52.9 Å². The zero-order valence-corrected chi connectivity index (χ0v) is 18.4. The quantitative estimate of drug-likeness (QED) is 0.521. The summed E-state index contributed by atoms with van der Waals surface area (Å²) in [6.07, 6.45) is 1.11. The molecule has 1 aliphatic heterocycles. The number of likely N-dealkylation sites (tertiary alicyclic amines) is 1. The number of aromatic nitrogens is 2. The molecule has 2 aromatic carbocycles. The number of hydrogen-bond acceptors (Lipinski definition) is 4. The summed E-state index contributed by atoms with van der Waals surface area (Å²) in [5.74, 6) is -0.925. The Morgan fingerprint density at radius 3 is 2.50 bits per heavy atom. The molecule has 2 heterocycles. The van der Waals surface area contributed by atoms with E-state index < -0.39 is 0 Å². The van der Waals surface area contributed by atoms with E-state index in [9.17, 15) is 14.0 Å². The van der Waals surface area contributed by atoms with Crippen molar-refractivity contribution < 1.29 is 18.7 Å². The molecule has 0 aliphatic carbocycles. The SMILES string of the molecule is CCOC(=O)C1CCN(C(=O)c2cc(-c3ccc(F)cc3)nn2-c2cccc(Cl)c2)CC1. The number of benzene rings is 2. The van der Waals surface area contributed by atoms with Gasteiger partial charge in [-0.15, -0.1) is 0 Å². The molecule has 3 aromatic rings. The zero-order valence-electron chi connectivity index (χ0n) is 17.6. The third-order valence-corrected chi connectivity index (χ3v) is 5.76. The minimum Gasteiger partial charge on any atom is -0.466 e. The lowest BCUT2D eigenvalue weighted by Crippen LogP contribution is -2.41. The zero-order chi connectivity index (χ0) is 22.7. The van der Waals surface area contributed by atoms with Crippen LogP contribution in [0.1, 0.15) is 30.3 Å². The van der Waals surface area contributed by atoms with Gasteiger partial charge in [0.25, 0.3) is 5.91 Å². The Balaban J connectivity index is 1.64. The number of esters is 1. The maximum absolute atomic E-state index is 13.4. The molecule has 8 heteroatoms. The standard InChI is InChI=1S/C24H23ClFN3O3/c1-2-32-24(31)17-10-12-28(13-11-17)23(30)22-15-21(16-6-8-19(26)9-7-16)27-29(22)20-5-3-4-18(25)14-20/h3-9,14-15,17H,2,10-13H2,1H3. The van der Waals surface area contributed by atoms with Crippen molar-refractivity contribution in [2.45, 2.75) is 19.8 Å². The first kappa shape index (κ1) is 22.0. The molecule has 0 spiro atoms. The Hall–Kier alpha value is -3.19. The molecule has 1 aromatic heterocycles. The highest BCUT2D eigenvalue weighted by Gasteiger charge is 2.30. The minimum atomic E-state index is -0.344. The summed E-state index contributed by atoms with van der Waals surface area (Å²) in [5.41, 5.74) is 2.27. The van der Waals surface area contributed by atoms with E-state index in [0.717, 1.165) is 0 Å². The van der Waals surface area contributed by atoms with Gasteiger partial charge in [0.15, 0.2) is 0 Å². The van der Waals surface area contributed by atoms with E-state index in [0.29, 0.717) is 60.2 Å². The van der Waals surface area contributed by atoms with Crippen LogP contribution in [0.3, 0.4) is 0 Å². The molecule has 0 N–H and O–H groups in total. The topological polar surface area (TPSA) is 64.4 Å². The third kappa shape index (κ3) is 4.67. The minimum absolute atomic E-state index is 0.187. The largest absolute Gasteiger partial charge is 0.466 e. The van der Waals surface area contributed by atoms with Crippen molar-refractivity contribution in [1.29, 1.82) is 0 Å². The molecule has 4 rings (SSSR count). The number of amides is 1. The number of carbonyl (C=O) groups is 2. The molecule has 0 bridgehead atoms. The fraction of sp³-hybridized carbons (Fsp3) is 0.292. The van der Waals surface area contributed by atoms with Crippen LogP contribution in [0.5, 0.6) is 0 Å². The van der Waals surface area contributed by atoms with E-state index >= 15 is 0 Å². The van der Waals surface area contributed by atoms with Crippen LogP contribution in [0.4, 0.5) is 4.39 Å². The highest BCUT2D eigenvalue weighted by Crippen LogP contribution is 2.26. The van der Waals surface area contributed by atoms with Gasteiger partial charge in [-0.3, -0.25) is 9.59 Å². The molecule has 1 amide bonds. The summed E-state index contributed by atoms with van der Waals surface area (Å²) in [7, 11) is 0. The van der Waals surface area contributed by atoms with E-state index in [-0.39, 0.29) is 23.6 Å². The Morgan fingerprint density at radius 1 is 1.12 bits per heavy atom. The summed E-state index contributed by atoms with van der Waals surface area (Å²) in [4.78, 5) is 27.2. The molecule has 0 unspecified atom stereocenters. The van der Waals surface area contributed by atoms with Gasteiger partial charge in [-0.1, -0.05) is 17.7 Å². The lowest BCUT2D eigenvalue weighted by molar-refractivity contribution is -0.149. The summed E-state index contributed by atoms with van der Waals surface area (Å²) in [5, 5.41) is 5.14. The second-order valence-electron chi connectivity index (χ2n) is 7.63. The van der Waals surface area contributed by atoms with Crippen LogP contribution in [0.25, 0.3) is 16.9 Å². The van der Waals surface area contributed by atoms with Gasteiger partial charge in [-0.2, -0.15) is 5.10 Å². The molecule has 0 radical (unpaired) electrons. The fourth-order valence-electron chi connectivity index (χ4n) is 3.84. The highest BCUT2D eigenvalue weighted by atomic mass is 35.5. The molecule has 32 heavy (non-hydrogen) atoms. The summed E-state index contributed by atoms with van der Waals surface area (Å²) >= 11 is 6.17. The molecule has 1 saturated heterocycles. The number of hydrogen-bond donors (Lipinski definition) is 0. The first-order valence-electron chi connectivity index (χ1n) is 10.5. The van der Waals surface area contributed by atoms with Crippen LogP contribution in [0.2, 0.25) is 5.02 Å². The number of carbonyl (C=O) groups excluding carboxylic acids is 2. The summed E-state index contributed by atoms with van der Waals surface area (Å²) < 4.78 is 20.0. The van der Waals surface area contributed by atoms with Gasteiger partial charge in [-0.25, -0.2) is 9.07 Å². The van der Waals surface area contributed by atoms with Crippen LogP contribution in [-0.2, 0) is 9.53 Å². The molecule has 0 atom stereocenters. The van der Waals surface area contributed by atoms with Crippen molar-refractivity contribution >= 4 is 23.5 Å². The number of halogens is 2. The van der Waals surface area contributed by atoms with Crippen molar-refractivity contribution in [3.8, 4) is 16.9 Å². The van der Waals surface area contributed by atoms with Crippen LogP contribution in [-0.4, -0.2) is 46.3 Å². The Labute approximate surface area is 190 Å². The average molecular weight is 456 g/mol. The van der Waals surface area contributed by atoms with Gasteiger partial charge >= 0.3 is 5.97 Å². The first-order valence-corrected chi connectivity index (χ1v) is 10.9. The fourth-order valence-corrected chi connectivity index (χ4v) is 4.02. The predicted octanol–water partition coefficient (Wildman–Crippen LogP) is 4.75.